The van der Waals surface area contributed by atoms with Crippen LogP contribution in [0.1, 0.15) is 24.5 Å². The van der Waals surface area contributed by atoms with Crippen LogP contribution in [0.5, 0.6) is 0 Å². The van der Waals surface area contributed by atoms with Crippen molar-refractivity contribution in [2.24, 2.45) is 0 Å². The number of anilines is 1. The molecule has 0 unspecified atom stereocenters. The highest BCUT2D eigenvalue weighted by atomic mass is 32.2. The van der Waals surface area contributed by atoms with E-state index in [9.17, 15) is 18.0 Å². The van der Waals surface area contributed by atoms with Crippen LogP contribution in [0.15, 0.2) is 18.2 Å². The van der Waals surface area contributed by atoms with E-state index < -0.39 is 10.0 Å². The Balaban J connectivity index is 1.62. The highest BCUT2D eigenvalue weighted by Gasteiger charge is 2.26. The first-order chi connectivity index (χ1) is 11.9. The fraction of sp³-hybridized carbons (Fsp3) is 0.529. The van der Waals surface area contributed by atoms with Crippen molar-refractivity contribution in [3.8, 4) is 0 Å². The average Bonchev–Trinajstić information content (AvgIpc) is 2.79. The van der Waals surface area contributed by atoms with Gasteiger partial charge in [0.25, 0.3) is 0 Å². The van der Waals surface area contributed by atoms with Gasteiger partial charge in [0.15, 0.2) is 0 Å². The predicted octanol–water partition coefficient (Wildman–Crippen LogP) is 0.608. The zero-order chi connectivity index (χ0) is 18.0. The second kappa shape index (κ2) is 7.13. The van der Waals surface area contributed by atoms with Gasteiger partial charge in [-0.15, -0.1) is 0 Å². The molecule has 1 fully saturated rings. The van der Waals surface area contributed by atoms with Crippen molar-refractivity contribution in [1.29, 1.82) is 0 Å². The highest BCUT2D eigenvalue weighted by molar-refractivity contribution is 7.89. The number of carbonyl (C=O) groups excluding carboxylic acids is 2. The highest BCUT2D eigenvalue weighted by Crippen LogP contribution is 2.24. The maximum Gasteiger partial charge on any atom is 0.228 e. The molecule has 1 N–H and O–H groups in total. The zero-order valence-corrected chi connectivity index (χ0v) is 15.1. The van der Waals surface area contributed by atoms with Crippen LogP contribution >= 0.6 is 0 Å². The van der Waals surface area contributed by atoms with E-state index in [4.69, 9.17) is 0 Å². The molecule has 0 atom stereocenters. The molecule has 0 saturated carbocycles. The number of hydrogen-bond donors (Lipinski definition) is 1. The fourth-order valence-corrected chi connectivity index (χ4v) is 4.42. The maximum atomic E-state index is 12.6. The number of amides is 2. The second-order valence-corrected chi connectivity index (χ2v) is 8.68. The van der Waals surface area contributed by atoms with Crippen LogP contribution in [0.25, 0.3) is 0 Å². The van der Waals surface area contributed by atoms with Crippen LogP contribution in [0, 0.1) is 0 Å². The van der Waals surface area contributed by atoms with Crippen LogP contribution < -0.4 is 5.32 Å². The van der Waals surface area contributed by atoms with Crippen LogP contribution in [0.2, 0.25) is 0 Å². The monoisotopic (exact) mass is 365 g/mol. The first-order valence-corrected chi connectivity index (χ1v) is 10.2. The average molecular weight is 365 g/mol. The summed E-state index contributed by atoms with van der Waals surface area (Å²) in [5.41, 5.74) is 2.62. The quantitative estimate of drug-likeness (QED) is 0.847. The van der Waals surface area contributed by atoms with Crippen molar-refractivity contribution in [2.75, 3.05) is 37.2 Å². The number of hydrogen-bond acceptors (Lipinski definition) is 4. The molecule has 1 aromatic carbocycles. The summed E-state index contributed by atoms with van der Waals surface area (Å²) >= 11 is 0. The zero-order valence-electron chi connectivity index (χ0n) is 14.3. The number of sulfonamides is 1. The largest absolute Gasteiger partial charge is 0.341 e. The molecule has 2 aliphatic heterocycles. The van der Waals surface area contributed by atoms with Crippen LogP contribution in [-0.2, 0) is 32.5 Å². The molecule has 2 heterocycles. The summed E-state index contributed by atoms with van der Waals surface area (Å²) in [6.45, 7) is 3.44. The molecule has 25 heavy (non-hydrogen) atoms. The molecule has 2 aliphatic rings. The molecule has 0 radical (unpaired) electrons. The minimum absolute atomic E-state index is 0.00650. The molecular weight excluding hydrogens is 342 g/mol. The van der Waals surface area contributed by atoms with E-state index in [0.29, 0.717) is 39.0 Å². The Kier molecular flexibility index (Phi) is 5.10. The van der Waals surface area contributed by atoms with Crippen LogP contribution in [0.3, 0.4) is 0 Å². The van der Waals surface area contributed by atoms with E-state index in [0.717, 1.165) is 16.8 Å². The Morgan fingerprint density at radius 1 is 1.20 bits per heavy atom. The minimum Gasteiger partial charge on any atom is -0.341 e. The van der Waals surface area contributed by atoms with Crippen molar-refractivity contribution in [3.63, 3.8) is 0 Å². The van der Waals surface area contributed by atoms with Crippen molar-refractivity contribution in [2.45, 2.75) is 26.2 Å². The topological polar surface area (TPSA) is 86.8 Å². The van der Waals surface area contributed by atoms with Gasteiger partial charge >= 0.3 is 0 Å². The summed E-state index contributed by atoms with van der Waals surface area (Å²) in [4.78, 5) is 25.7. The van der Waals surface area contributed by atoms with Gasteiger partial charge in [-0.1, -0.05) is 12.1 Å². The van der Waals surface area contributed by atoms with Crippen molar-refractivity contribution in [3.05, 3.63) is 29.3 Å². The lowest BCUT2D eigenvalue weighted by Crippen LogP contribution is -2.38. The molecule has 7 nitrogen and oxygen atoms in total. The van der Waals surface area contributed by atoms with E-state index in [1.807, 2.05) is 18.2 Å². The van der Waals surface area contributed by atoms with Gasteiger partial charge in [-0.25, -0.2) is 12.7 Å². The first kappa shape index (κ1) is 17.9. The third kappa shape index (κ3) is 4.01. The van der Waals surface area contributed by atoms with Gasteiger partial charge < -0.3 is 10.2 Å². The number of fused-ring (bicyclic) bond motifs is 1. The summed E-state index contributed by atoms with van der Waals surface area (Å²) in [6.07, 6.45) is 1.26. The van der Waals surface area contributed by atoms with Crippen molar-refractivity contribution in [1.82, 2.24) is 9.21 Å². The molecule has 1 aromatic rings. The van der Waals surface area contributed by atoms with Gasteiger partial charge in [0.05, 0.1) is 18.6 Å². The van der Waals surface area contributed by atoms with Gasteiger partial charge in [-0.05, 0) is 30.5 Å². The van der Waals surface area contributed by atoms with Gasteiger partial charge in [0.2, 0.25) is 21.8 Å². The lowest BCUT2D eigenvalue weighted by Gasteiger charge is -2.21. The normalized spacial score (nSPS) is 18.6. The fourth-order valence-electron chi connectivity index (χ4n) is 3.28. The Morgan fingerprint density at radius 2 is 2.00 bits per heavy atom. The number of benzene rings is 1. The Morgan fingerprint density at radius 3 is 2.76 bits per heavy atom. The smallest absolute Gasteiger partial charge is 0.228 e. The first-order valence-electron chi connectivity index (χ1n) is 8.56. The van der Waals surface area contributed by atoms with E-state index in [-0.39, 0.29) is 24.0 Å². The Hall–Kier alpha value is -1.93. The number of nitrogens with zero attached hydrogens (tertiary/aromatic N) is 2. The van der Waals surface area contributed by atoms with Crippen molar-refractivity contribution >= 4 is 27.5 Å². The van der Waals surface area contributed by atoms with Gasteiger partial charge in [0.1, 0.15) is 0 Å². The second-order valence-electron chi connectivity index (χ2n) is 6.43. The third-order valence-electron chi connectivity index (χ3n) is 4.72. The summed E-state index contributed by atoms with van der Waals surface area (Å²) in [5.74, 6) is 0.0548. The standard InChI is InChI=1S/C17H23N3O4S/c1-2-25(23,24)20-7-3-6-19(8-9-20)17(22)11-13-4-5-15-14(10-13)12-16(21)18-15/h4-5,10H,2-3,6-9,11-12H2,1H3,(H,18,21). The maximum absolute atomic E-state index is 12.6. The van der Waals surface area contributed by atoms with E-state index >= 15 is 0 Å². The number of nitrogens with one attached hydrogen (secondary N) is 1. The number of rotatable bonds is 4. The summed E-state index contributed by atoms with van der Waals surface area (Å²) in [6, 6.07) is 5.59. The summed E-state index contributed by atoms with van der Waals surface area (Å²) < 4.78 is 25.5. The molecule has 0 aliphatic carbocycles. The van der Waals surface area contributed by atoms with Crippen LogP contribution in [0.4, 0.5) is 5.69 Å². The molecule has 0 bridgehead atoms. The number of carbonyl (C=O) groups is 2. The lowest BCUT2D eigenvalue weighted by molar-refractivity contribution is -0.130. The van der Waals surface area contributed by atoms with Gasteiger partial charge in [-0.3, -0.25) is 9.59 Å². The SMILES string of the molecule is CCS(=O)(=O)N1CCCN(C(=O)Cc2ccc3c(c2)CC(=O)N3)CC1. The third-order valence-corrected chi connectivity index (χ3v) is 6.60. The Labute approximate surface area is 148 Å². The van der Waals surface area contributed by atoms with E-state index in [2.05, 4.69) is 5.32 Å². The minimum atomic E-state index is -3.21. The summed E-state index contributed by atoms with van der Waals surface area (Å²) in [7, 11) is -3.21. The van der Waals surface area contributed by atoms with Crippen LogP contribution in [-0.4, -0.2) is 61.4 Å². The molecule has 8 heteroatoms. The predicted molar refractivity (Wildman–Crippen MR) is 94.7 cm³/mol. The van der Waals surface area contributed by atoms with Crippen molar-refractivity contribution < 1.29 is 18.0 Å². The molecule has 0 spiro atoms. The lowest BCUT2D eigenvalue weighted by atomic mass is 10.1. The molecule has 136 valence electrons. The molecule has 2 amide bonds. The van der Waals surface area contributed by atoms with Gasteiger partial charge in [-0.2, -0.15) is 0 Å². The van der Waals surface area contributed by atoms with E-state index in [1.54, 1.807) is 11.8 Å². The molecule has 3 rings (SSSR count). The van der Waals surface area contributed by atoms with Gasteiger partial charge in [0, 0.05) is 31.9 Å². The molecule has 0 aromatic heterocycles. The summed E-state index contributed by atoms with van der Waals surface area (Å²) in [5, 5.41) is 2.78. The molecule has 1 saturated heterocycles. The Bertz CT molecular complexity index is 791. The molecular formula is C17H23N3O4S. The van der Waals surface area contributed by atoms with E-state index in [1.165, 1.54) is 4.31 Å².